The first kappa shape index (κ1) is 23.9. The summed E-state index contributed by atoms with van der Waals surface area (Å²) in [6, 6.07) is 21.8. The van der Waals surface area contributed by atoms with Crippen LogP contribution in [-0.4, -0.2) is 33.0 Å². The van der Waals surface area contributed by atoms with Crippen LogP contribution in [0.1, 0.15) is 41.1 Å². The first-order valence-corrected chi connectivity index (χ1v) is 12.6. The number of nitrogens with zero attached hydrogens (tertiary/aromatic N) is 3. The van der Waals surface area contributed by atoms with E-state index in [4.69, 9.17) is 5.10 Å². The number of benzene rings is 3. The van der Waals surface area contributed by atoms with Crippen LogP contribution < -0.4 is 5.32 Å². The van der Waals surface area contributed by atoms with Gasteiger partial charge in [0, 0.05) is 18.5 Å². The molecule has 6 nitrogen and oxygen atoms in total. The summed E-state index contributed by atoms with van der Waals surface area (Å²) in [5, 5.41) is 9.28. The van der Waals surface area contributed by atoms with E-state index >= 15 is 0 Å². The lowest BCUT2D eigenvalue weighted by atomic mass is 9.98. The molecule has 36 heavy (non-hydrogen) atoms. The number of carbonyl (C=O) groups excluding carboxylic acids is 2. The molecule has 2 heterocycles. The second kappa shape index (κ2) is 10.1. The average Bonchev–Trinajstić information content (AvgIpc) is 3.44. The number of hydrogen-bond donors (Lipinski definition) is 1. The van der Waals surface area contributed by atoms with Crippen LogP contribution in [0.4, 0.5) is 10.1 Å². The molecule has 182 valence electrons. The molecule has 2 aliphatic heterocycles. The van der Waals surface area contributed by atoms with Crippen LogP contribution >= 0.6 is 11.8 Å². The Balaban J connectivity index is 1.35. The average molecular weight is 501 g/mol. The number of aliphatic imine (C=N–C) groups is 1. The second-order valence-electron chi connectivity index (χ2n) is 8.99. The highest BCUT2D eigenvalue weighted by atomic mass is 32.2. The molecule has 1 N–H and O–H groups in total. The zero-order chi connectivity index (χ0) is 25.2. The number of halogens is 1. The van der Waals surface area contributed by atoms with Crippen molar-refractivity contribution in [2.45, 2.75) is 38.0 Å². The monoisotopic (exact) mass is 500 g/mol. The number of amides is 2. The van der Waals surface area contributed by atoms with E-state index < -0.39 is 5.25 Å². The molecular weight excluding hydrogens is 475 g/mol. The molecule has 3 aromatic rings. The van der Waals surface area contributed by atoms with Crippen LogP contribution in [0.25, 0.3) is 0 Å². The fourth-order valence-corrected chi connectivity index (χ4v) is 5.32. The molecule has 0 fully saturated rings. The fourth-order valence-electron chi connectivity index (χ4n) is 4.26. The molecule has 2 amide bonds. The van der Waals surface area contributed by atoms with Gasteiger partial charge in [-0.05, 0) is 54.8 Å². The van der Waals surface area contributed by atoms with Gasteiger partial charge in [-0.1, -0.05) is 65.9 Å². The van der Waals surface area contributed by atoms with Gasteiger partial charge >= 0.3 is 0 Å². The van der Waals surface area contributed by atoms with Crippen molar-refractivity contribution < 1.29 is 14.0 Å². The molecule has 0 spiro atoms. The van der Waals surface area contributed by atoms with Crippen LogP contribution in [0.5, 0.6) is 0 Å². The maximum absolute atomic E-state index is 13.5. The molecule has 0 radical (unpaired) electrons. The number of carbonyl (C=O) groups is 2. The summed E-state index contributed by atoms with van der Waals surface area (Å²) in [5.74, 6) is -0.894. The Morgan fingerprint density at radius 1 is 1.06 bits per heavy atom. The van der Waals surface area contributed by atoms with Gasteiger partial charge in [0.25, 0.3) is 5.91 Å². The molecule has 0 aliphatic carbocycles. The first-order valence-electron chi connectivity index (χ1n) is 11.7. The highest BCUT2D eigenvalue weighted by Crippen LogP contribution is 2.38. The molecule has 8 heteroatoms. The molecule has 0 unspecified atom stereocenters. The molecule has 2 atom stereocenters. The Morgan fingerprint density at radius 3 is 2.53 bits per heavy atom. The predicted octanol–water partition coefficient (Wildman–Crippen LogP) is 5.62. The van der Waals surface area contributed by atoms with Gasteiger partial charge in [0.05, 0.1) is 11.8 Å². The third-order valence-electron chi connectivity index (χ3n) is 6.15. The highest BCUT2D eigenvalue weighted by Gasteiger charge is 2.39. The van der Waals surface area contributed by atoms with Crippen LogP contribution in [0.2, 0.25) is 0 Å². The zero-order valence-electron chi connectivity index (χ0n) is 19.9. The van der Waals surface area contributed by atoms with Gasteiger partial charge in [0.15, 0.2) is 5.17 Å². The smallest absolute Gasteiger partial charge is 0.262 e. The minimum Gasteiger partial charge on any atom is -0.326 e. The fraction of sp³-hybridized carbons (Fsp3) is 0.214. The topological polar surface area (TPSA) is 74.1 Å². The number of amidine groups is 1. The van der Waals surface area contributed by atoms with E-state index in [1.807, 2.05) is 62.4 Å². The largest absolute Gasteiger partial charge is 0.326 e. The van der Waals surface area contributed by atoms with Gasteiger partial charge in [0.1, 0.15) is 11.1 Å². The zero-order valence-corrected chi connectivity index (χ0v) is 20.8. The van der Waals surface area contributed by atoms with Crippen LogP contribution in [-0.2, 0) is 9.59 Å². The van der Waals surface area contributed by atoms with E-state index in [9.17, 15) is 14.0 Å². The van der Waals surface area contributed by atoms with Crippen molar-refractivity contribution in [3.05, 3.63) is 101 Å². The standard InChI is InChI=1S/C28H25FN4O2S/c1-17-6-8-20(9-7-17)24-15-23(19-10-12-21(29)13-11-19)32-33(24)28-31-27(35)25(36-28)16-26(34)30-22-5-3-4-18(2)14-22/h3-14,24-25H,15-16H2,1-2H3,(H,30,34)/t24-,25+/m0/s1. The summed E-state index contributed by atoms with van der Waals surface area (Å²) in [4.78, 5) is 29.7. The Labute approximate surface area is 213 Å². The quantitative estimate of drug-likeness (QED) is 0.493. The highest BCUT2D eigenvalue weighted by molar-refractivity contribution is 8.15. The molecule has 0 saturated heterocycles. The molecule has 0 saturated carbocycles. The van der Waals surface area contributed by atoms with Gasteiger partial charge in [-0.2, -0.15) is 10.1 Å². The number of aryl methyl sites for hydroxylation is 2. The van der Waals surface area contributed by atoms with Crippen molar-refractivity contribution in [2.24, 2.45) is 10.1 Å². The van der Waals surface area contributed by atoms with E-state index in [1.54, 1.807) is 17.1 Å². The van der Waals surface area contributed by atoms with Crippen molar-refractivity contribution in [1.29, 1.82) is 0 Å². The van der Waals surface area contributed by atoms with Crippen LogP contribution in [0, 0.1) is 19.7 Å². The lowest BCUT2D eigenvalue weighted by Gasteiger charge is -2.23. The van der Waals surface area contributed by atoms with Crippen LogP contribution in [0.3, 0.4) is 0 Å². The van der Waals surface area contributed by atoms with E-state index in [0.29, 0.717) is 17.3 Å². The van der Waals surface area contributed by atoms with Crippen LogP contribution in [0.15, 0.2) is 82.9 Å². The Morgan fingerprint density at radius 2 is 1.81 bits per heavy atom. The van der Waals surface area contributed by atoms with Crippen molar-refractivity contribution in [3.8, 4) is 0 Å². The number of thioether (sulfide) groups is 1. The van der Waals surface area contributed by atoms with Gasteiger partial charge in [-0.3, -0.25) is 9.59 Å². The summed E-state index contributed by atoms with van der Waals surface area (Å²) >= 11 is 1.26. The summed E-state index contributed by atoms with van der Waals surface area (Å²) in [6.45, 7) is 3.98. The Kier molecular flexibility index (Phi) is 6.69. The number of anilines is 1. The summed E-state index contributed by atoms with van der Waals surface area (Å²) < 4.78 is 13.5. The van der Waals surface area contributed by atoms with E-state index in [0.717, 1.165) is 28.0 Å². The Bertz CT molecular complexity index is 1370. The molecule has 3 aromatic carbocycles. The van der Waals surface area contributed by atoms with E-state index in [1.165, 1.54) is 23.9 Å². The van der Waals surface area contributed by atoms with E-state index in [2.05, 4.69) is 10.3 Å². The minimum atomic E-state index is -0.617. The normalized spacial score (nSPS) is 19.3. The Hall–Kier alpha value is -3.78. The second-order valence-corrected chi connectivity index (χ2v) is 10.2. The lowest BCUT2D eigenvalue weighted by molar-refractivity contribution is -0.121. The van der Waals surface area contributed by atoms with Crippen molar-refractivity contribution in [3.63, 3.8) is 0 Å². The van der Waals surface area contributed by atoms with Gasteiger partial charge in [-0.25, -0.2) is 9.40 Å². The van der Waals surface area contributed by atoms with Crippen molar-refractivity contribution in [2.75, 3.05) is 5.32 Å². The summed E-state index contributed by atoms with van der Waals surface area (Å²) in [5.41, 5.74) is 5.53. The predicted molar refractivity (Wildman–Crippen MR) is 142 cm³/mol. The number of hydrogen-bond acceptors (Lipinski definition) is 5. The third kappa shape index (κ3) is 5.23. The third-order valence-corrected chi connectivity index (χ3v) is 7.29. The molecule has 5 rings (SSSR count). The summed E-state index contributed by atoms with van der Waals surface area (Å²) in [7, 11) is 0. The molecule has 0 aromatic heterocycles. The number of hydrazone groups is 1. The SMILES string of the molecule is Cc1ccc([C@@H]2CC(c3ccc(F)cc3)=NN2C2=NC(=O)[C@@H](CC(=O)Nc3cccc(C)c3)S2)cc1. The van der Waals surface area contributed by atoms with Crippen molar-refractivity contribution >= 4 is 40.1 Å². The number of nitrogens with one attached hydrogen (secondary N) is 1. The summed E-state index contributed by atoms with van der Waals surface area (Å²) in [6.07, 6.45) is 0.600. The molecule has 0 bridgehead atoms. The molecule has 2 aliphatic rings. The number of rotatable bonds is 5. The molecular formula is C28H25FN4O2S. The maximum Gasteiger partial charge on any atom is 0.262 e. The van der Waals surface area contributed by atoms with Gasteiger partial charge < -0.3 is 5.32 Å². The van der Waals surface area contributed by atoms with Gasteiger partial charge in [-0.15, -0.1) is 0 Å². The first-order chi connectivity index (χ1) is 17.4. The van der Waals surface area contributed by atoms with Crippen molar-refractivity contribution in [1.82, 2.24) is 5.01 Å². The van der Waals surface area contributed by atoms with Gasteiger partial charge in [0.2, 0.25) is 5.91 Å². The minimum absolute atomic E-state index is 0.0159. The van der Waals surface area contributed by atoms with E-state index in [-0.39, 0.29) is 30.1 Å². The lowest BCUT2D eigenvalue weighted by Crippen LogP contribution is -2.25. The maximum atomic E-state index is 13.5.